The first kappa shape index (κ1) is 20.5. The van der Waals surface area contributed by atoms with E-state index in [0.29, 0.717) is 0 Å². The van der Waals surface area contributed by atoms with E-state index in [0.717, 1.165) is 6.07 Å². The molecule has 0 saturated heterocycles. The highest BCUT2D eigenvalue weighted by Gasteiger charge is 2.22. The Kier molecular flexibility index (Phi) is 5.67. The Morgan fingerprint density at radius 3 is 2.66 bits per heavy atom. The van der Waals surface area contributed by atoms with Crippen LogP contribution in [-0.2, 0) is 14.8 Å². The molecule has 0 aliphatic heterocycles. The topological polar surface area (TPSA) is 151 Å². The number of nitrogens with one attached hydrogen (secondary N) is 1. The highest BCUT2D eigenvalue weighted by molar-refractivity contribution is 7.89. The Bertz CT molecular complexity index is 1230. The number of primary sulfonamides is 1. The van der Waals surface area contributed by atoms with Crippen LogP contribution in [0.2, 0.25) is 5.02 Å². The summed E-state index contributed by atoms with van der Waals surface area (Å²) in [6, 6.07) is 12.1. The maximum absolute atomic E-state index is 12.4. The maximum Gasteiger partial charge on any atom is 0.257 e. The van der Waals surface area contributed by atoms with Crippen LogP contribution >= 0.6 is 11.6 Å². The molecule has 148 valence electrons. The van der Waals surface area contributed by atoms with E-state index in [1.807, 2.05) is 6.07 Å². The van der Waals surface area contributed by atoms with Crippen molar-refractivity contribution in [3.05, 3.63) is 71.0 Å². The Morgan fingerprint density at radius 2 is 2.03 bits per heavy atom. The highest BCUT2D eigenvalue weighted by atomic mass is 35.5. The van der Waals surface area contributed by atoms with Crippen LogP contribution < -0.4 is 10.5 Å². The number of amides is 1. The highest BCUT2D eigenvalue weighted by Crippen LogP contribution is 2.26. The number of aliphatic hydroxyl groups is 1. The second-order valence-electron chi connectivity index (χ2n) is 5.93. The first-order valence-corrected chi connectivity index (χ1v) is 9.98. The predicted octanol–water partition coefficient (Wildman–Crippen LogP) is 1.72. The number of hydrogen-bond donors (Lipinski definition) is 3. The van der Waals surface area contributed by atoms with Crippen molar-refractivity contribution < 1.29 is 18.3 Å². The lowest BCUT2D eigenvalue weighted by Gasteiger charge is -2.15. The minimum atomic E-state index is -4.20. The Balaban J connectivity index is 1.94. The van der Waals surface area contributed by atoms with Crippen LogP contribution in [0.5, 0.6) is 0 Å². The summed E-state index contributed by atoms with van der Waals surface area (Å²) in [5.74, 6) is -0.808. The van der Waals surface area contributed by atoms with Crippen LogP contribution in [0.4, 0.5) is 5.69 Å². The standard InChI is InChI=1S/C18H14ClN5O4S/c19-14-4-2-1-3-13(14)17(25)18(26)23-12-5-6-15(16(7-12)29(21,27)28)24-10-11(8-20)9-22-24/h1-7,9-10,17,25H,(H,23,26)(H2,21,27,28). The van der Waals surface area contributed by atoms with E-state index in [-0.39, 0.29) is 32.4 Å². The normalized spacial score (nSPS) is 12.2. The minimum Gasteiger partial charge on any atom is -0.378 e. The van der Waals surface area contributed by atoms with Crippen molar-refractivity contribution in [3.63, 3.8) is 0 Å². The SMILES string of the molecule is N#Cc1cnn(-c2ccc(NC(=O)C(O)c3ccccc3Cl)cc2S(N)(=O)=O)c1. The van der Waals surface area contributed by atoms with Gasteiger partial charge in [0.2, 0.25) is 10.0 Å². The molecule has 1 heterocycles. The van der Waals surface area contributed by atoms with Gasteiger partial charge >= 0.3 is 0 Å². The van der Waals surface area contributed by atoms with Gasteiger partial charge in [-0.25, -0.2) is 18.2 Å². The summed E-state index contributed by atoms with van der Waals surface area (Å²) in [6.07, 6.45) is 1.04. The molecule has 0 radical (unpaired) electrons. The first-order chi connectivity index (χ1) is 13.7. The lowest BCUT2D eigenvalue weighted by atomic mass is 10.1. The van der Waals surface area contributed by atoms with Gasteiger partial charge in [0.1, 0.15) is 11.0 Å². The number of anilines is 1. The summed E-state index contributed by atoms with van der Waals surface area (Å²) in [6.45, 7) is 0. The molecule has 0 spiro atoms. The molecule has 0 aliphatic carbocycles. The quantitative estimate of drug-likeness (QED) is 0.559. The molecule has 4 N–H and O–H groups in total. The molecule has 1 amide bonds. The first-order valence-electron chi connectivity index (χ1n) is 8.06. The molecule has 9 nitrogen and oxygen atoms in total. The van der Waals surface area contributed by atoms with Crippen LogP contribution in [-0.4, -0.2) is 29.2 Å². The van der Waals surface area contributed by atoms with Crippen molar-refractivity contribution in [1.82, 2.24) is 9.78 Å². The van der Waals surface area contributed by atoms with E-state index in [1.54, 1.807) is 12.1 Å². The molecule has 0 fully saturated rings. The van der Waals surface area contributed by atoms with Crippen LogP contribution in [0.3, 0.4) is 0 Å². The minimum absolute atomic E-state index is 0.0848. The van der Waals surface area contributed by atoms with Gasteiger partial charge in [-0.2, -0.15) is 10.4 Å². The summed E-state index contributed by atoms with van der Waals surface area (Å²) in [7, 11) is -4.20. The Hall–Kier alpha value is -3.23. The molecular weight excluding hydrogens is 418 g/mol. The largest absolute Gasteiger partial charge is 0.378 e. The van der Waals surface area contributed by atoms with Crippen molar-refractivity contribution in [3.8, 4) is 11.8 Å². The van der Waals surface area contributed by atoms with Crippen LogP contribution in [0, 0.1) is 11.3 Å². The van der Waals surface area contributed by atoms with Gasteiger partial charge in [-0.05, 0) is 24.3 Å². The number of nitriles is 1. The molecular formula is C18H14ClN5O4S. The van der Waals surface area contributed by atoms with Gasteiger partial charge in [0.15, 0.2) is 6.10 Å². The zero-order valence-electron chi connectivity index (χ0n) is 14.7. The fourth-order valence-corrected chi connectivity index (χ4v) is 3.55. The number of carbonyl (C=O) groups excluding carboxylic acids is 1. The molecule has 3 aromatic rings. The smallest absolute Gasteiger partial charge is 0.257 e. The molecule has 0 bridgehead atoms. The summed E-state index contributed by atoms with van der Waals surface area (Å²) in [5, 5.41) is 31.0. The third-order valence-electron chi connectivity index (χ3n) is 3.94. The fraction of sp³-hybridized carbons (Fsp3) is 0.0556. The zero-order valence-corrected chi connectivity index (χ0v) is 16.2. The zero-order chi connectivity index (χ0) is 21.2. The number of aliphatic hydroxyl groups excluding tert-OH is 1. The van der Waals surface area contributed by atoms with E-state index in [9.17, 15) is 18.3 Å². The Morgan fingerprint density at radius 1 is 1.31 bits per heavy atom. The summed E-state index contributed by atoms with van der Waals surface area (Å²) >= 11 is 5.99. The van der Waals surface area contributed by atoms with E-state index < -0.39 is 22.0 Å². The van der Waals surface area contributed by atoms with Gasteiger partial charge in [0.05, 0.1) is 17.4 Å². The van der Waals surface area contributed by atoms with Crippen molar-refractivity contribution >= 4 is 33.2 Å². The molecule has 0 saturated carbocycles. The average molecular weight is 432 g/mol. The number of rotatable bonds is 5. The van der Waals surface area contributed by atoms with Crippen LogP contribution in [0.25, 0.3) is 5.69 Å². The molecule has 1 aromatic heterocycles. The van der Waals surface area contributed by atoms with Gasteiger partial charge in [0.25, 0.3) is 5.91 Å². The number of nitrogens with two attached hydrogens (primary N) is 1. The molecule has 3 rings (SSSR count). The maximum atomic E-state index is 12.4. The number of carbonyl (C=O) groups is 1. The van der Waals surface area contributed by atoms with E-state index in [1.165, 1.54) is 41.3 Å². The van der Waals surface area contributed by atoms with Gasteiger partial charge in [-0.1, -0.05) is 29.8 Å². The van der Waals surface area contributed by atoms with E-state index in [4.69, 9.17) is 22.0 Å². The lowest BCUT2D eigenvalue weighted by Crippen LogP contribution is -2.22. The van der Waals surface area contributed by atoms with E-state index in [2.05, 4.69) is 10.4 Å². The van der Waals surface area contributed by atoms with Crippen LogP contribution in [0.15, 0.2) is 59.8 Å². The third kappa shape index (κ3) is 4.44. The van der Waals surface area contributed by atoms with Crippen molar-refractivity contribution in [2.24, 2.45) is 5.14 Å². The summed E-state index contributed by atoms with van der Waals surface area (Å²) < 4.78 is 25.3. The molecule has 29 heavy (non-hydrogen) atoms. The van der Waals surface area contributed by atoms with Crippen LogP contribution in [0.1, 0.15) is 17.2 Å². The van der Waals surface area contributed by atoms with Gasteiger partial charge < -0.3 is 10.4 Å². The second kappa shape index (κ2) is 8.02. The number of aromatic nitrogens is 2. The number of benzene rings is 2. The summed E-state index contributed by atoms with van der Waals surface area (Å²) in [4.78, 5) is 12.0. The average Bonchev–Trinajstić information content (AvgIpc) is 3.16. The van der Waals surface area contributed by atoms with Crippen molar-refractivity contribution in [1.29, 1.82) is 5.26 Å². The second-order valence-corrected chi connectivity index (χ2v) is 7.86. The third-order valence-corrected chi connectivity index (χ3v) is 5.22. The number of nitrogens with zero attached hydrogens (tertiary/aromatic N) is 3. The monoisotopic (exact) mass is 431 g/mol. The molecule has 2 aromatic carbocycles. The van der Waals surface area contributed by atoms with Gasteiger partial charge in [-0.3, -0.25) is 4.79 Å². The molecule has 0 aliphatic rings. The van der Waals surface area contributed by atoms with E-state index >= 15 is 0 Å². The summed E-state index contributed by atoms with van der Waals surface area (Å²) in [5.41, 5.74) is 0.612. The lowest BCUT2D eigenvalue weighted by molar-refractivity contribution is -0.124. The van der Waals surface area contributed by atoms with Gasteiger partial charge in [-0.15, -0.1) is 0 Å². The number of sulfonamides is 1. The van der Waals surface area contributed by atoms with Crippen molar-refractivity contribution in [2.45, 2.75) is 11.0 Å². The predicted molar refractivity (Wildman–Crippen MR) is 105 cm³/mol. The van der Waals surface area contributed by atoms with Crippen molar-refractivity contribution in [2.75, 3.05) is 5.32 Å². The molecule has 1 atom stereocenters. The molecule has 11 heteroatoms. The molecule has 1 unspecified atom stereocenters. The number of halogens is 1. The fourth-order valence-electron chi connectivity index (χ4n) is 2.57. The van der Waals surface area contributed by atoms with Gasteiger partial charge in [0, 0.05) is 22.5 Å². The number of hydrogen-bond acceptors (Lipinski definition) is 6. The Labute approximate surface area is 171 Å².